The first kappa shape index (κ1) is 18.7. The summed E-state index contributed by atoms with van der Waals surface area (Å²) in [7, 11) is 3.03. The average Bonchev–Trinajstić information content (AvgIpc) is 3.32. The van der Waals surface area contributed by atoms with Crippen LogP contribution in [0.5, 0.6) is 11.6 Å². The zero-order valence-electron chi connectivity index (χ0n) is 15.6. The fraction of sp³-hybridized carbons (Fsp3) is 0.211. The van der Waals surface area contributed by atoms with Gasteiger partial charge in [-0.2, -0.15) is 10.4 Å². The van der Waals surface area contributed by atoms with Gasteiger partial charge in [-0.3, -0.25) is 14.4 Å². The molecule has 3 aromatic heterocycles. The Morgan fingerprint density at radius 2 is 2.10 bits per heavy atom. The molecule has 0 fully saturated rings. The lowest BCUT2D eigenvalue weighted by Gasteiger charge is -2.11. The maximum atomic E-state index is 12.9. The van der Waals surface area contributed by atoms with E-state index in [0.29, 0.717) is 44.9 Å². The fourth-order valence-corrected chi connectivity index (χ4v) is 3.43. The minimum Gasteiger partial charge on any atom is -0.491 e. The molecule has 0 bridgehead atoms. The monoisotopic (exact) mass is 410 g/mol. The van der Waals surface area contributed by atoms with Crippen molar-refractivity contribution >= 4 is 23.2 Å². The van der Waals surface area contributed by atoms with Crippen LogP contribution in [0.4, 0.5) is 5.69 Å². The van der Waals surface area contributed by atoms with Crippen LogP contribution in [0.15, 0.2) is 30.7 Å². The highest BCUT2D eigenvalue weighted by molar-refractivity contribution is 6.35. The van der Waals surface area contributed by atoms with Gasteiger partial charge in [-0.05, 0) is 12.1 Å². The summed E-state index contributed by atoms with van der Waals surface area (Å²) in [6, 6.07) is 5.38. The van der Waals surface area contributed by atoms with Crippen molar-refractivity contribution in [2.24, 2.45) is 0 Å². The lowest BCUT2D eigenvalue weighted by atomic mass is 10.1. The number of nitriles is 1. The Kier molecular flexibility index (Phi) is 4.78. The Hall–Kier alpha value is -3.64. The normalized spacial score (nSPS) is 12.6. The van der Waals surface area contributed by atoms with Gasteiger partial charge in [-0.25, -0.2) is 9.97 Å². The number of rotatable bonds is 5. The Labute approximate surface area is 171 Å². The van der Waals surface area contributed by atoms with Gasteiger partial charge in [0.2, 0.25) is 0 Å². The number of halogens is 1. The number of carbonyl (C=O) groups is 1. The van der Waals surface area contributed by atoms with Crippen molar-refractivity contribution in [3.63, 3.8) is 0 Å². The van der Waals surface area contributed by atoms with Gasteiger partial charge in [0, 0.05) is 18.0 Å². The summed E-state index contributed by atoms with van der Waals surface area (Å²) in [6.45, 7) is 0.352. The lowest BCUT2D eigenvalue weighted by molar-refractivity contribution is 0.0996. The molecule has 4 heterocycles. The molecule has 1 amide bonds. The Balaban J connectivity index is 1.70. The van der Waals surface area contributed by atoms with E-state index in [1.54, 1.807) is 24.5 Å². The zero-order chi connectivity index (χ0) is 20.5. The van der Waals surface area contributed by atoms with Crippen molar-refractivity contribution in [3.8, 4) is 29.0 Å². The van der Waals surface area contributed by atoms with Crippen molar-refractivity contribution in [1.29, 1.82) is 5.26 Å². The number of carbonyl (C=O) groups excluding carboxylic acids is 1. The molecule has 0 radical (unpaired) electrons. The van der Waals surface area contributed by atoms with Crippen LogP contribution in [0.2, 0.25) is 5.02 Å². The topological polar surface area (TPSA) is 106 Å². The third kappa shape index (κ3) is 3.23. The highest BCUT2D eigenvalue weighted by Gasteiger charge is 2.33. The van der Waals surface area contributed by atoms with E-state index in [0.717, 1.165) is 0 Å². The summed E-state index contributed by atoms with van der Waals surface area (Å²) in [4.78, 5) is 23.2. The quantitative estimate of drug-likeness (QED) is 0.636. The van der Waals surface area contributed by atoms with Crippen LogP contribution in [0.3, 0.4) is 0 Å². The molecule has 29 heavy (non-hydrogen) atoms. The van der Waals surface area contributed by atoms with E-state index in [-0.39, 0.29) is 19.0 Å². The van der Waals surface area contributed by atoms with E-state index in [2.05, 4.69) is 15.1 Å². The molecule has 1 aliphatic rings. The molecule has 1 aliphatic heterocycles. The summed E-state index contributed by atoms with van der Waals surface area (Å²) in [5.41, 5.74) is 2.74. The molecule has 0 saturated heterocycles. The molecule has 0 atom stereocenters. The van der Waals surface area contributed by atoms with E-state index < -0.39 is 0 Å². The van der Waals surface area contributed by atoms with Crippen molar-refractivity contribution in [1.82, 2.24) is 19.7 Å². The second kappa shape index (κ2) is 7.41. The number of ether oxygens (including phenoxy) is 2. The Bertz CT molecular complexity index is 1150. The number of amides is 1. The molecule has 0 aromatic carbocycles. The Morgan fingerprint density at radius 3 is 2.83 bits per heavy atom. The van der Waals surface area contributed by atoms with Crippen LogP contribution in [-0.4, -0.2) is 39.9 Å². The third-order valence-corrected chi connectivity index (χ3v) is 4.80. The van der Waals surface area contributed by atoms with Crippen LogP contribution in [0.1, 0.15) is 16.1 Å². The van der Waals surface area contributed by atoms with Crippen molar-refractivity contribution < 1.29 is 14.3 Å². The molecular weight excluding hydrogens is 396 g/mol. The molecule has 0 aliphatic carbocycles. The van der Waals surface area contributed by atoms with Gasteiger partial charge in [-0.1, -0.05) is 11.6 Å². The zero-order valence-corrected chi connectivity index (χ0v) is 16.3. The number of hydrogen-bond donors (Lipinski definition) is 0. The molecule has 146 valence electrons. The summed E-state index contributed by atoms with van der Waals surface area (Å²) in [5.74, 6) is 0.566. The predicted molar refractivity (Wildman–Crippen MR) is 104 cm³/mol. The molecule has 0 spiro atoms. The highest BCUT2D eigenvalue weighted by Crippen LogP contribution is 2.35. The van der Waals surface area contributed by atoms with Crippen LogP contribution < -0.4 is 14.4 Å². The smallest absolute Gasteiger partial charge is 0.262 e. The SMILES string of the molecule is COc1cc(-c2cc(Cl)c3c(n2)CN(c2cnn(CC#N)c2)C3=O)cnc1OC. The van der Waals surface area contributed by atoms with E-state index in [9.17, 15) is 4.79 Å². The first-order valence-electron chi connectivity index (χ1n) is 8.54. The van der Waals surface area contributed by atoms with Crippen LogP contribution >= 0.6 is 11.6 Å². The summed E-state index contributed by atoms with van der Waals surface area (Å²) < 4.78 is 11.9. The van der Waals surface area contributed by atoms with Crippen molar-refractivity contribution in [2.45, 2.75) is 13.1 Å². The van der Waals surface area contributed by atoms with Gasteiger partial charge >= 0.3 is 0 Å². The van der Waals surface area contributed by atoms with Gasteiger partial charge in [0.05, 0.1) is 60.7 Å². The first-order chi connectivity index (χ1) is 14.0. The number of pyridine rings is 2. The molecule has 0 N–H and O–H groups in total. The number of anilines is 1. The number of fused-ring (bicyclic) bond motifs is 1. The maximum absolute atomic E-state index is 12.9. The summed E-state index contributed by atoms with van der Waals surface area (Å²) in [6.07, 6.45) is 4.78. The van der Waals surface area contributed by atoms with Crippen LogP contribution in [0.25, 0.3) is 11.3 Å². The van der Waals surface area contributed by atoms with E-state index >= 15 is 0 Å². The number of methoxy groups -OCH3 is 2. The third-order valence-electron chi connectivity index (χ3n) is 4.50. The van der Waals surface area contributed by atoms with Gasteiger partial charge < -0.3 is 9.47 Å². The van der Waals surface area contributed by atoms with Gasteiger partial charge in [0.1, 0.15) is 6.54 Å². The van der Waals surface area contributed by atoms with Gasteiger partial charge in [0.25, 0.3) is 11.8 Å². The minimum atomic E-state index is -0.258. The second-order valence-electron chi connectivity index (χ2n) is 6.19. The second-order valence-corrected chi connectivity index (χ2v) is 6.60. The van der Waals surface area contributed by atoms with Crippen molar-refractivity contribution in [2.75, 3.05) is 19.1 Å². The lowest BCUT2D eigenvalue weighted by Crippen LogP contribution is -2.22. The highest BCUT2D eigenvalue weighted by atomic mass is 35.5. The molecule has 0 saturated carbocycles. The predicted octanol–water partition coefficient (Wildman–Crippen LogP) is 2.69. The van der Waals surface area contributed by atoms with E-state index in [1.165, 1.54) is 30.0 Å². The fourth-order valence-electron chi connectivity index (χ4n) is 3.14. The molecule has 0 unspecified atom stereocenters. The summed E-state index contributed by atoms with van der Waals surface area (Å²) >= 11 is 6.43. The largest absolute Gasteiger partial charge is 0.491 e. The molecule has 9 nitrogen and oxygen atoms in total. The molecule has 4 rings (SSSR count). The minimum absolute atomic E-state index is 0.102. The van der Waals surface area contributed by atoms with Crippen LogP contribution in [-0.2, 0) is 13.1 Å². The van der Waals surface area contributed by atoms with Gasteiger partial charge in [0.15, 0.2) is 5.75 Å². The maximum Gasteiger partial charge on any atom is 0.262 e. The number of aromatic nitrogens is 4. The van der Waals surface area contributed by atoms with Crippen LogP contribution in [0, 0.1) is 11.3 Å². The average molecular weight is 411 g/mol. The van der Waals surface area contributed by atoms with Gasteiger partial charge in [-0.15, -0.1) is 0 Å². The number of nitrogens with zero attached hydrogens (tertiary/aromatic N) is 6. The standard InChI is InChI=1S/C19H15ClN6O3/c1-28-16-5-11(7-22-18(16)29-2)14-6-13(20)17-15(24-14)10-26(19(17)27)12-8-23-25(9-12)4-3-21/h5-9H,4,10H2,1-2H3. The molecule has 3 aromatic rings. The van der Waals surface area contributed by atoms with Crippen molar-refractivity contribution in [3.05, 3.63) is 47.0 Å². The molecular formula is C19H15ClN6O3. The van der Waals surface area contributed by atoms with E-state index in [4.69, 9.17) is 26.3 Å². The molecule has 10 heteroatoms. The van der Waals surface area contributed by atoms with E-state index in [1.807, 2.05) is 6.07 Å². The number of hydrogen-bond acceptors (Lipinski definition) is 7. The summed E-state index contributed by atoms with van der Waals surface area (Å²) in [5, 5.41) is 13.2. The first-order valence-corrected chi connectivity index (χ1v) is 8.92. The Morgan fingerprint density at radius 1 is 1.28 bits per heavy atom.